The topological polar surface area (TPSA) is 95.5 Å². The van der Waals surface area contributed by atoms with Crippen LogP contribution in [0, 0.1) is 5.92 Å². The van der Waals surface area contributed by atoms with Gasteiger partial charge in [-0.2, -0.15) is 0 Å². The molecular weight excluding hydrogens is 340 g/mol. The van der Waals surface area contributed by atoms with Crippen molar-refractivity contribution in [1.82, 2.24) is 5.32 Å². The number of carboxylic acids is 1. The predicted molar refractivity (Wildman–Crippen MR) is 96.1 cm³/mol. The van der Waals surface area contributed by atoms with Crippen LogP contribution in [0.3, 0.4) is 0 Å². The van der Waals surface area contributed by atoms with E-state index >= 15 is 0 Å². The standard InChI is InChI=1S/C18H24N2O4S/c1-10-5-8-12-13(9-10)25-18(16(12)17(24)19-11-6-7-11)20-14(21)3-2-4-15(22)23/h10-11H,2-9H2,1H3,(H,19,24)(H,20,21)(H,22,23). The van der Waals surface area contributed by atoms with Gasteiger partial charge < -0.3 is 15.7 Å². The van der Waals surface area contributed by atoms with Crippen LogP contribution in [0.2, 0.25) is 0 Å². The molecule has 7 heteroatoms. The van der Waals surface area contributed by atoms with Gasteiger partial charge in [0.15, 0.2) is 0 Å². The van der Waals surface area contributed by atoms with Gasteiger partial charge in [0.1, 0.15) is 5.00 Å². The number of fused-ring (bicyclic) bond motifs is 1. The fourth-order valence-corrected chi connectivity index (χ4v) is 4.58. The first-order chi connectivity index (χ1) is 11.9. The lowest BCUT2D eigenvalue weighted by Crippen LogP contribution is -2.27. The number of thiophene rings is 1. The molecule has 0 aromatic carbocycles. The van der Waals surface area contributed by atoms with Gasteiger partial charge in [-0.05, 0) is 50.0 Å². The number of amides is 2. The summed E-state index contributed by atoms with van der Waals surface area (Å²) in [6, 6.07) is 0.268. The molecule has 0 spiro atoms. The lowest BCUT2D eigenvalue weighted by Gasteiger charge is -2.18. The number of carboxylic acid groups (broad SMARTS) is 1. The van der Waals surface area contributed by atoms with Gasteiger partial charge in [0.2, 0.25) is 5.91 Å². The maximum Gasteiger partial charge on any atom is 0.303 e. The Balaban J connectivity index is 1.75. The molecule has 2 aliphatic carbocycles. The Kier molecular flexibility index (Phi) is 5.42. The van der Waals surface area contributed by atoms with Gasteiger partial charge in [0.05, 0.1) is 5.56 Å². The van der Waals surface area contributed by atoms with Crippen LogP contribution in [0.1, 0.15) is 66.2 Å². The van der Waals surface area contributed by atoms with Crippen molar-refractivity contribution in [1.29, 1.82) is 0 Å². The van der Waals surface area contributed by atoms with Gasteiger partial charge in [-0.1, -0.05) is 6.92 Å². The summed E-state index contributed by atoms with van der Waals surface area (Å²) in [5.41, 5.74) is 1.72. The number of anilines is 1. The molecular formula is C18H24N2O4S. The highest BCUT2D eigenvalue weighted by atomic mass is 32.1. The summed E-state index contributed by atoms with van der Waals surface area (Å²) in [7, 11) is 0. The molecule has 1 atom stereocenters. The number of hydrogen-bond acceptors (Lipinski definition) is 4. The molecule has 0 saturated heterocycles. The van der Waals surface area contributed by atoms with Crippen molar-refractivity contribution < 1.29 is 19.5 Å². The molecule has 1 saturated carbocycles. The number of carbonyl (C=O) groups excluding carboxylic acids is 2. The van der Waals surface area contributed by atoms with E-state index in [0.29, 0.717) is 22.9 Å². The molecule has 2 amide bonds. The molecule has 3 N–H and O–H groups in total. The summed E-state index contributed by atoms with van der Waals surface area (Å²) >= 11 is 1.50. The molecule has 1 fully saturated rings. The second-order valence-electron chi connectivity index (χ2n) is 7.10. The van der Waals surface area contributed by atoms with Crippen molar-refractivity contribution >= 4 is 34.1 Å². The summed E-state index contributed by atoms with van der Waals surface area (Å²) in [5.74, 6) is -0.633. The van der Waals surface area contributed by atoms with Crippen LogP contribution < -0.4 is 10.6 Å². The zero-order valence-electron chi connectivity index (χ0n) is 14.4. The van der Waals surface area contributed by atoms with Crippen LogP contribution in [0.5, 0.6) is 0 Å². The molecule has 6 nitrogen and oxygen atoms in total. The van der Waals surface area contributed by atoms with Crippen molar-refractivity contribution in [2.75, 3.05) is 5.32 Å². The normalized spacial score (nSPS) is 19.2. The van der Waals surface area contributed by atoms with Gasteiger partial charge in [-0.15, -0.1) is 11.3 Å². The number of hydrogen-bond donors (Lipinski definition) is 3. The van der Waals surface area contributed by atoms with E-state index in [1.165, 1.54) is 16.2 Å². The van der Waals surface area contributed by atoms with E-state index in [9.17, 15) is 14.4 Å². The Morgan fingerprint density at radius 3 is 2.64 bits per heavy atom. The minimum atomic E-state index is -0.905. The third-order valence-electron chi connectivity index (χ3n) is 4.70. The van der Waals surface area contributed by atoms with Gasteiger partial charge in [-0.25, -0.2) is 0 Å². The quantitative estimate of drug-likeness (QED) is 0.693. The van der Waals surface area contributed by atoms with Crippen LogP contribution >= 0.6 is 11.3 Å². The summed E-state index contributed by atoms with van der Waals surface area (Å²) < 4.78 is 0. The van der Waals surface area contributed by atoms with Gasteiger partial charge in [0, 0.05) is 23.8 Å². The smallest absolute Gasteiger partial charge is 0.303 e. The number of carbonyl (C=O) groups is 3. The third-order valence-corrected chi connectivity index (χ3v) is 5.87. The van der Waals surface area contributed by atoms with Crippen molar-refractivity contribution in [3.05, 3.63) is 16.0 Å². The van der Waals surface area contributed by atoms with Crippen LogP contribution in [0.25, 0.3) is 0 Å². The van der Waals surface area contributed by atoms with Gasteiger partial charge in [0.25, 0.3) is 5.91 Å². The minimum absolute atomic E-state index is 0.0269. The Morgan fingerprint density at radius 2 is 1.96 bits per heavy atom. The van der Waals surface area contributed by atoms with E-state index in [1.54, 1.807) is 0 Å². The van der Waals surface area contributed by atoms with Crippen LogP contribution in [-0.4, -0.2) is 28.9 Å². The van der Waals surface area contributed by atoms with Gasteiger partial charge in [-0.3, -0.25) is 14.4 Å². The average Bonchev–Trinajstić information content (AvgIpc) is 3.26. The number of aliphatic carboxylic acids is 1. The van der Waals surface area contributed by atoms with E-state index in [1.807, 2.05) is 0 Å². The van der Waals surface area contributed by atoms with Crippen LogP contribution in [0.15, 0.2) is 0 Å². The van der Waals surface area contributed by atoms with Crippen molar-refractivity contribution in [2.24, 2.45) is 5.92 Å². The molecule has 136 valence electrons. The Morgan fingerprint density at radius 1 is 1.20 bits per heavy atom. The van der Waals surface area contributed by atoms with Crippen LogP contribution in [-0.2, 0) is 22.4 Å². The zero-order chi connectivity index (χ0) is 18.0. The maximum absolute atomic E-state index is 12.7. The molecule has 2 aliphatic rings. The average molecular weight is 364 g/mol. The van der Waals surface area contributed by atoms with E-state index < -0.39 is 5.97 Å². The van der Waals surface area contributed by atoms with Gasteiger partial charge >= 0.3 is 5.97 Å². The Labute approximate surface area is 151 Å². The Bertz CT molecular complexity index is 693. The first kappa shape index (κ1) is 17.9. The fraction of sp³-hybridized carbons (Fsp3) is 0.611. The summed E-state index contributed by atoms with van der Waals surface area (Å²) in [4.78, 5) is 36.6. The number of nitrogens with one attached hydrogen (secondary N) is 2. The largest absolute Gasteiger partial charge is 0.481 e. The molecule has 1 aromatic heterocycles. The molecule has 0 bridgehead atoms. The van der Waals surface area contributed by atoms with E-state index in [0.717, 1.165) is 37.7 Å². The highest BCUT2D eigenvalue weighted by molar-refractivity contribution is 7.17. The monoisotopic (exact) mass is 364 g/mol. The minimum Gasteiger partial charge on any atom is -0.481 e. The Hall–Kier alpha value is -1.89. The van der Waals surface area contributed by atoms with Crippen molar-refractivity contribution in [3.63, 3.8) is 0 Å². The molecule has 1 unspecified atom stereocenters. The predicted octanol–water partition coefficient (Wildman–Crippen LogP) is 2.96. The zero-order valence-corrected chi connectivity index (χ0v) is 15.2. The molecule has 3 rings (SSSR count). The summed E-state index contributed by atoms with van der Waals surface area (Å²) in [6.07, 6.45) is 5.33. The van der Waals surface area contributed by atoms with E-state index in [2.05, 4.69) is 17.6 Å². The molecule has 1 aromatic rings. The first-order valence-corrected chi connectivity index (χ1v) is 9.72. The second kappa shape index (κ2) is 7.56. The van der Waals surface area contributed by atoms with Crippen molar-refractivity contribution in [3.8, 4) is 0 Å². The highest BCUT2D eigenvalue weighted by Crippen LogP contribution is 2.40. The van der Waals surface area contributed by atoms with Crippen molar-refractivity contribution in [2.45, 2.75) is 64.3 Å². The molecule has 0 radical (unpaired) electrons. The second-order valence-corrected chi connectivity index (χ2v) is 8.20. The molecule has 1 heterocycles. The lowest BCUT2D eigenvalue weighted by molar-refractivity contribution is -0.137. The number of rotatable bonds is 7. The van der Waals surface area contributed by atoms with Crippen LogP contribution in [0.4, 0.5) is 5.00 Å². The summed E-state index contributed by atoms with van der Waals surface area (Å²) in [5, 5.41) is 15.2. The highest BCUT2D eigenvalue weighted by Gasteiger charge is 2.31. The lowest BCUT2D eigenvalue weighted by atomic mass is 9.88. The molecule has 0 aliphatic heterocycles. The summed E-state index contributed by atoms with van der Waals surface area (Å²) in [6.45, 7) is 2.21. The van der Waals surface area contributed by atoms with E-state index in [4.69, 9.17) is 5.11 Å². The fourth-order valence-electron chi connectivity index (χ4n) is 3.15. The SMILES string of the molecule is CC1CCc2c(sc(NC(=O)CCCC(=O)O)c2C(=O)NC2CC2)C1. The third kappa shape index (κ3) is 4.60. The molecule has 25 heavy (non-hydrogen) atoms. The first-order valence-electron chi connectivity index (χ1n) is 8.91. The maximum atomic E-state index is 12.7. The van der Waals surface area contributed by atoms with E-state index in [-0.39, 0.29) is 30.7 Å².